The van der Waals surface area contributed by atoms with Gasteiger partial charge in [-0.3, -0.25) is 0 Å². The van der Waals surface area contributed by atoms with Crippen molar-refractivity contribution in [3.63, 3.8) is 0 Å². The summed E-state index contributed by atoms with van der Waals surface area (Å²) in [4.78, 5) is 0. The summed E-state index contributed by atoms with van der Waals surface area (Å²) in [5, 5.41) is 21.0. The maximum Gasteiger partial charge on any atom is 0.124 e. The molecule has 3 aromatic rings. The Morgan fingerprint density at radius 2 is 1.58 bits per heavy atom. The second-order valence-electron chi connectivity index (χ2n) is 4.37. The van der Waals surface area contributed by atoms with Crippen molar-refractivity contribution in [1.29, 1.82) is 5.26 Å². The minimum atomic E-state index is 0.253. The Hall–Kier alpha value is -2.79. The van der Waals surface area contributed by atoms with Crippen LogP contribution >= 0.6 is 0 Å². The molecule has 0 bridgehead atoms. The van der Waals surface area contributed by atoms with Gasteiger partial charge < -0.3 is 5.11 Å². The first-order valence-corrected chi connectivity index (χ1v) is 6.01. The van der Waals surface area contributed by atoms with Crippen LogP contribution in [0.5, 0.6) is 5.75 Å². The number of nitrogens with zero attached hydrogens (tertiary/aromatic N) is 1. The number of fused-ring (bicyclic) bond motifs is 1. The van der Waals surface area contributed by atoms with Gasteiger partial charge in [-0.05, 0) is 34.5 Å². The molecule has 2 heteroatoms. The molecule has 2 nitrogen and oxygen atoms in total. The summed E-state index contributed by atoms with van der Waals surface area (Å²) in [5.74, 6) is 0.253. The predicted molar refractivity (Wildman–Crippen MR) is 75.8 cm³/mol. The quantitative estimate of drug-likeness (QED) is 0.701. The van der Waals surface area contributed by atoms with Gasteiger partial charge in [-0.2, -0.15) is 5.26 Å². The molecule has 0 unspecified atom stereocenters. The smallest absolute Gasteiger partial charge is 0.124 e. The van der Waals surface area contributed by atoms with E-state index in [9.17, 15) is 5.11 Å². The van der Waals surface area contributed by atoms with Crippen molar-refractivity contribution in [1.82, 2.24) is 0 Å². The van der Waals surface area contributed by atoms with E-state index in [-0.39, 0.29) is 5.75 Å². The number of hydrogen-bond donors (Lipinski definition) is 1. The van der Waals surface area contributed by atoms with E-state index in [2.05, 4.69) is 6.07 Å². The molecule has 19 heavy (non-hydrogen) atoms. The van der Waals surface area contributed by atoms with Gasteiger partial charge in [0, 0.05) is 5.56 Å². The molecule has 0 radical (unpaired) electrons. The van der Waals surface area contributed by atoms with Crippen LogP contribution in [0.4, 0.5) is 0 Å². The molecule has 0 heterocycles. The number of phenolic OH excluding ortho intramolecular Hbond substituents is 1. The summed E-state index contributed by atoms with van der Waals surface area (Å²) in [5.41, 5.74) is 2.33. The van der Waals surface area contributed by atoms with E-state index in [1.165, 1.54) is 0 Å². The van der Waals surface area contributed by atoms with Crippen molar-refractivity contribution >= 4 is 10.8 Å². The zero-order chi connectivity index (χ0) is 13.2. The Bertz CT molecular complexity index is 782. The molecular weight excluding hydrogens is 234 g/mol. The fraction of sp³-hybridized carbons (Fsp3) is 0. The summed E-state index contributed by atoms with van der Waals surface area (Å²) >= 11 is 0. The van der Waals surface area contributed by atoms with Crippen molar-refractivity contribution in [2.24, 2.45) is 0 Å². The topological polar surface area (TPSA) is 44.0 Å². The molecule has 0 saturated carbocycles. The van der Waals surface area contributed by atoms with Gasteiger partial charge in [0.25, 0.3) is 0 Å². The molecule has 0 atom stereocenters. The Balaban J connectivity index is 2.29. The first-order valence-electron chi connectivity index (χ1n) is 6.01. The summed E-state index contributed by atoms with van der Waals surface area (Å²) in [7, 11) is 0. The lowest BCUT2D eigenvalue weighted by atomic mass is 9.96. The number of nitriles is 1. The minimum Gasteiger partial charge on any atom is -0.507 e. The van der Waals surface area contributed by atoms with E-state index < -0.39 is 0 Å². The lowest BCUT2D eigenvalue weighted by molar-refractivity contribution is 0.478. The standard InChI is InChI=1S/C17H11NO/c18-11-12-5-7-14(8-6-12)17-15-4-2-1-3-13(15)9-10-16(17)19/h1-10,19H. The van der Waals surface area contributed by atoms with Crippen LogP contribution in [0.3, 0.4) is 0 Å². The monoisotopic (exact) mass is 245 g/mol. The number of aromatic hydroxyl groups is 1. The van der Waals surface area contributed by atoms with Gasteiger partial charge >= 0.3 is 0 Å². The van der Waals surface area contributed by atoms with Crippen LogP contribution in [0.25, 0.3) is 21.9 Å². The number of phenols is 1. The summed E-state index contributed by atoms with van der Waals surface area (Å²) in [6.45, 7) is 0. The lowest BCUT2D eigenvalue weighted by Gasteiger charge is -2.09. The Morgan fingerprint density at radius 1 is 0.842 bits per heavy atom. The predicted octanol–water partition coefficient (Wildman–Crippen LogP) is 4.08. The van der Waals surface area contributed by atoms with Crippen molar-refractivity contribution in [3.05, 3.63) is 66.2 Å². The molecule has 1 N–H and O–H groups in total. The highest BCUT2D eigenvalue weighted by molar-refractivity contribution is 5.99. The van der Waals surface area contributed by atoms with Crippen molar-refractivity contribution in [2.75, 3.05) is 0 Å². The van der Waals surface area contributed by atoms with Crippen molar-refractivity contribution in [3.8, 4) is 22.9 Å². The fourth-order valence-corrected chi connectivity index (χ4v) is 2.27. The molecule has 3 rings (SSSR count). The van der Waals surface area contributed by atoms with Gasteiger partial charge in [-0.15, -0.1) is 0 Å². The third-order valence-corrected chi connectivity index (χ3v) is 3.21. The van der Waals surface area contributed by atoms with Gasteiger partial charge in [-0.1, -0.05) is 42.5 Å². The zero-order valence-corrected chi connectivity index (χ0v) is 10.2. The maximum absolute atomic E-state index is 10.1. The Morgan fingerprint density at radius 3 is 2.32 bits per heavy atom. The number of hydrogen-bond acceptors (Lipinski definition) is 2. The fourth-order valence-electron chi connectivity index (χ4n) is 2.27. The average Bonchev–Trinajstić information content (AvgIpc) is 2.47. The summed E-state index contributed by atoms with van der Waals surface area (Å²) in [6, 6.07) is 20.9. The first-order chi connectivity index (χ1) is 9.29. The second-order valence-corrected chi connectivity index (χ2v) is 4.37. The summed E-state index contributed by atoms with van der Waals surface area (Å²) in [6.07, 6.45) is 0. The Kier molecular flexibility index (Phi) is 2.66. The molecule has 0 spiro atoms. The van der Waals surface area contributed by atoms with Crippen LogP contribution in [0.1, 0.15) is 5.56 Å². The zero-order valence-electron chi connectivity index (χ0n) is 10.2. The van der Waals surface area contributed by atoms with E-state index in [1.807, 2.05) is 42.5 Å². The third kappa shape index (κ3) is 1.92. The maximum atomic E-state index is 10.1. The number of benzene rings is 3. The SMILES string of the molecule is N#Cc1ccc(-c2c(O)ccc3ccccc23)cc1. The molecular formula is C17H11NO. The van der Waals surface area contributed by atoms with E-state index in [4.69, 9.17) is 5.26 Å². The largest absolute Gasteiger partial charge is 0.507 e. The minimum absolute atomic E-state index is 0.253. The van der Waals surface area contributed by atoms with Gasteiger partial charge in [0.05, 0.1) is 11.6 Å². The molecule has 0 fully saturated rings. The van der Waals surface area contributed by atoms with Crippen molar-refractivity contribution < 1.29 is 5.11 Å². The van der Waals surface area contributed by atoms with E-state index in [0.717, 1.165) is 21.9 Å². The van der Waals surface area contributed by atoms with E-state index in [1.54, 1.807) is 18.2 Å². The highest BCUT2D eigenvalue weighted by Gasteiger charge is 2.08. The van der Waals surface area contributed by atoms with Gasteiger partial charge in [0.1, 0.15) is 5.75 Å². The van der Waals surface area contributed by atoms with E-state index in [0.29, 0.717) is 5.56 Å². The molecule has 3 aromatic carbocycles. The Labute approximate surface area is 111 Å². The van der Waals surface area contributed by atoms with Crippen LogP contribution in [0, 0.1) is 11.3 Å². The van der Waals surface area contributed by atoms with Crippen molar-refractivity contribution in [2.45, 2.75) is 0 Å². The third-order valence-electron chi connectivity index (χ3n) is 3.21. The number of rotatable bonds is 1. The lowest BCUT2D eigenvalue weighted by Crippen LogP contribution is -1.83. The highest BCUT2D eigenvalue weighted by Crippen LogP contribution is 2.36. The van der Waals surface area contributed by atoms with Crippen LogP contribution < -0.4 is 0 Å². The summed E-state index contributed by atoms with van der Waals surface area (Å²) < 4.78 is 0. The molecule has 0 amide bonds. The average molecular weight is 245 g/mol. The molecule has 0 aromatic heterocycles. The molecule has 0 saturated heterocycles. The van der Waals surface area contributed by atoms with Crippen LogP contribution in [0.15, 0.2) is 60.7 Å². The van der Waals surface area contributed by atoms with Gasteiger partial charge in [-0.25, -0.2) is 0 Å². The second kappa shape index (κ2) is 4.47. The van der Waals surface area contributed by atoms with E-state index >= 15 is 0 Å². The van der Waals surface area contributed by atoms with Crippen LogP contribution in [-0.4, -0.2) is 5.11 Å². The molecule has 0 aliphatic rings. The van der Waals surface area contributed by atoms with Crippen LogP contribution in [-0.2, 0) is 0 Å². The van der Waals surface area contributed by atoms with Gasteiger partial charge in [0.15, 0.2) is 0 Å². The molecule has 90 valence electrons. The van der Waals surface area contributed by atoms with Crippen LogP contribution in [0.2, 0.25) is 0 Å². The normalized spacial score (nSPS) is 10.3. The molecule has 0 aliphatic heterocycles. The molecule has 0 aliphatic carbocycles. The highest BCUT2D eigenvalue weighted by atomic mass is 16.3. The van der Waals surface area contributed by atoms with Gasteiger partial charge in [0.2, 0.25) is 0 Å². The first kappa shape index (κ1) is 11.3.